The second-order valence-corrected chi connectivity index (χ2v) is 6.68. The van der Waals surface area contributed by atoms with E-state index in [1.165, 1.54) is 10.1 Å². The third kappa shape index (κ3) is 2.76. The van der Waals surface area contributed by atoms with Gasteiger partial charge in [0, 0.05) is 24.2 Å². The van der Waals surface area contributed by atoms with Crippen molar-refractivity contribution in [1.29, 1.82) is 0 Å². The number of carboxylic acids is 1. The van der Waals surface area contributed by atoms with Crippen molar-refractivity contribution in [3.63, 3.8) is 0 Å². The number of aryl methyl sites for hydroxylation is 2. The number of thiophene rings is 1. The molecule has 0 amide bonds. The zero-order valence-corrected chi connectivity index (χ0v) is 11.7. The van der Waals surface area contributed by atoms with Crippen LogP contribution >= 0.6 is 11.3 Å². The van der Waals surface area contributed by atoms with E-state index in [-0.39, 0.29) is 15.6 Å². The molecule has 0 radical (unpaired) electrons. The second kappa shape index (κ2) is 4.67. The van der Waals surface area contributed by atoms with Gasteiger partial charge in [0.05, 0.1) is 5.56 Å². The molecular weight excluding hydrogens is 290 g/mol. The number of carboxylic acid groups (broad SMARTS) is 1. The maximum absolute atomic E-state index is 12.0. The molecule has 2 heterocycles. The molecule has 0 atom stereocenters. The molecule has 0 fully saturated rings. The fourth-order valence-electron chi connectivity index (χ4n) is 1.37. The van der Waals surface area contributed by atoms with Crippen LogP contribution in [0.2, 0.25) is 0 Å². The normalized spacial score (nSPS) is 11.5. The maximum atomic E-state index is 12.0. The van der Waals surface area contributed by atoms with Crippen molar-refractivity contribution < 1.29 is 18.3 Å². The number of nitrogens with zero attached hydrogens (tertiary/aromatic N) is 2. The van der Waals surface area contributed by atoms with Crippen LogP contribution in [0, 0.1) is 6.92 Å². The third-order valence-electron chi connectivity index (χ3n) is 2.44. The van der Waals surface area contributed by atoms with Crippen LogP contribution in [0.5, 0.6) is 0 Å². The van der Waals surface area contributed by atoms with Crippen LogP contribution in [0.4, 0.5) is 5.82 Å². The van der Waals surface area contributed by atoms with Crippen molar-refractivity contribution in [2.75, 3.05) is 4.72 Å². The van der Waals surface area contributed by atoms with Crippen LogP contribution in [0.25, 0.3) is 0 Å². The number of hydrogen-bond acceptors (Lipinski definition) is 5. The zero-order valence-electron chi connectivity index (χ0n) is 10.1. The highest BCUT2D eigenvalue weighted by atomic mass is 32.2. The molecule has 0 aliphatic rings. The fourth-order valence-corrected chi connectivity index (χ4v) is 3.51. The monoisotopic (exact) mass is 301 g/mol. The molecular formula is C10H11N3O4S2. The van der Waals surface area contributed by atoms with Crippen LogP contribution in [-0.2, 0) is 17.1 Å². The van der Waals surface area contributed by atoms with Crippen LogP contribution in [-0.4, -0.2) is 29.3 Å². The summed E-state index contributed by atoms with van der Waals surface area (Å²) < 4.78 is 27.8. The zero-order chi connectivity index (χ0) is 14.2. The lowest BCUT2D eigenvalue weighted by Crippen LogP contribution is -2.12. The molecule has 2 aromatic heterocycles. The number of rotatable bonds is 4. The number of sulfonamides is 1. The Balaban J connectivity index is 2.29. The highest BCUT2D eigenvalue weighted by molar-refractivity contribution is 7.94. The van der Waals surface area contributed by atoms with E-state index in [1.54, 1.807) is 20.0 Å². The molecule has 0 unspecified atom stereocenters. The van der Waals surface area contributed by atoms with Gasteiger partial charge in [0.2, 0.25) is 0 Å². The fraction of sp³-hybridized carbons (Fsp3) is 0.200. The van der Waals surface area contributed by atoms with E-state index in [9.17, 15) is 13.2 Å². The largest absolute Gasteiger partial charge is 0.478 e. The molecule has 7 nitrogen and oxygen atoms in total. The van der Waals surface area contributed by atoms with Gasteiger partial charge in [0.25, 0.3) is 10.0 Å². The van der Waals surface area contributed by atoms with Gasteiger partial charge in [-0.3, -0.25) is 9.40 Å². The first kappa shape index (κ1) is 13.6. The minimum absolute atomic E-state index is 0.0532. The van der Waals surface area contributed by atoms with Gasteiger partial charge in [-0.2, -0.15) is 5.10 Å². The third-order valence-corrected chi connectivity index (χ3v) is 5.23. The first-order valence-electron chi connectivity index (χ1n) is 5.15. The Hall–Kier alpha value is -1.87. The van der Waals surface area contributed by atoms with Crippen molar-refractivity contribution in [1.82, 2.24) is 9.78 Å². The van der Waals surface area contributed by atoms with Gasteiger partial charge in [-0.05, 0) is 13.0 Å². The Kier molecular flexibility index (Phi) is 3.33. The standard InChI is InChI=1S/C10H11N3O4S2/c1-6-3-8(11-13(6)2)12-19(16,17)9-4-7(5-18-9)10(14)15/h3-5H,1-2H3,(H,11,12)(H,14,15). The van der Waals surface area contributed by atoms with E-state index in [0.717, 1.165) is 23.1 Å². The molecule has 0 aromatic carbocycles. The van der Waals surface area contributed by atoms with Gasteiger partial charge in [0.15, 0.2) is 5.82 Å². The molecule has 9 heteroatoms. The van der Waals surface area contributed by atoms with Crippen LogP contribution < -0.4 is 4.72 Å². The Morgan fingerprint density at radius 1 is 1.47 bits per heavy atom. The Bertz CT molecular complexity index is 710. The topological polar surface area (TPSA) is 101 Å². The molecule has 0 spiro atoms. The van der Waals surface area contributed by atoms with Gasteiger partial charge in [0.1, 0.15) is 4.21 Å². The van der Waals surface area contributed by atoms with Crippen molar-refractivity contribution in [3.8, 4) is 0 Å². The number of aromatic nitrogens is 2. The molecule has 0 aliphatic heterocycles. The Labute approximate surface area is 113 Å². The van der Waals surface area contributed by atoms with E-state index >= 15 is 0 Å². The van der Waals surface area contributed by atoms with Crippen molar-refractivity contribution in [2.24, 2.45) is 7.05 Å². The smallest absolute Gasteiger partial charge is 0.336 e. The molecule has 19 heavy (non-hydrogen) atoms. The molecule has 0 aliphatic carbocycles. The maximum Gasteiger partial charge on any atom is 0.336 e. The Morgan fingerprint density at radius 3 is 2.63 bits per heavy atom. The van der Waals surface area contributed by atoms with Crippen LogP contribution in [0.1, 0.15) is 16.1 Å². The quantitative estimate of drug-likeness (QED) is 0.886. The number of carbonyl (C=O) groups is 1. The summed E-state index contributed by atoms with van der Waals surface area (Å²) in [5, 5.41) is 14.0. The van der Waals surface area contributed by atoms with E-state index in [1.807, 2.05) is 0 Å². The predicted octanol–water partition coefficient (Wildman–Crippen LogP) is 1.29. The van der Waals surface area contributed by atoms with E-state index in [2.05, 4.69) is 9.82 Å². The molecule has 0 saturated heterocycles. The van der Waals surface area contributed by atoms with Crippen LogP contribution in [0.15, 0.2) is 21.7 Å². The molecule has 0 saturated carbocycles. The molecule has 2 rings (SSSR count). The molecule has 2 N–H and O–H groups in total. The predicted molar refractivity (Wildman–Crippen MR) is 70.0 cm³/mol. The first-order chi connectivity index (χ1) is 8.79. The number of hydrogen-bond donors (Lipinski definition) is 2. The van der Waals surface area contributed by atoms with E-state index in [4.69, 9.17) is 5.11 Å². The lowest BCUT2D eigenvalue weighted by atomic mass is 10.4. The SMILES string of the molecule is Cc1cc(NS(=O)(=O)c2cc(C(=O)O)cs2)nn1C. The number of aromatic carboxylic acids is 1. The minimum Gasteiger partial charge on any atom is -0.478 e. The van der Waals surface area contributed by atoms with Gasteiger partial charge >= 0.3 is 5.97 Å². The summed E-state index contributed by atoms with van der Waals surface area (Å²) in [4.78, 5) is 10.7. The Morgan fingerprint density at radius 2 is 2.16 bits per heavy atom. The van der Waals surface area contributed by atoms with Gasteiger partial charge in [-0.1, -0.05) is 0 Å². The average molecular weight is 301 g/mol. The minimum atomic E-state index is -3.80. The molecule has 0 bridgehead atoms. The summed E-state index contributed by atoms with van der Waals surface area (Å²) in [6.45, 7) is 1.79. The van der Waals surface area contributed by atoms with Gasteiger partial charge in [-0.25, -0.2) is 13.2 Å². The summed E-state index contributed by atoms with van der Waals surface area (Å²) in [5.74, 6) is -0.961. The summed E-state index contributed by atoms with van der Waals surface area (Å²) >= 11 is 0.849. The van der Waals surface area contributed by atoms with E-state index in [0.29, 0.717) is 0 Å². The second-order valence-electron chi connectivity index (χ2n) is 3.86. The summed E-state index contributed by atoms with van der Waals surface area (Å²) in [6.07, 6.45) is 0. The molecule has 2 aromatic rings. The van der Waals surface area contributed by atoms with Gasteiger partial charge < -0.3 is 5.11 Å². The first-order valence-corrected chi connectivity index (χ1v) is 7.51. The average Bonchev–Trinajstić information content (AvgIpc) is 2.86. The number of anilines is 1. The molecule has 102 valence electrons. The van der Waals surface area contributed by atoms with Crippen molar-refractivity contribution >= 4 is 33.1 Å². The van der Waals surface area contributed by atoms with E-state index < -0.39 is 16.0 Å². The summed E-state index contributed by atoms with van der Waals surface area (Å²) in [5.41, 5.74) is 0.748. The lowest BCUT2D eigenvalue weighted by molar-refractivity contribution is 0.0697. The number of nitrogens with one attached hydrogen (secondary N) is 1. The van der Waals surface area contributed by atoms with Crippen LogP contribution in [0.3, 0.4) is 0 Å². The van der Waals surface area contributed by atoms with Gasteiger partial charge in [-0.15, -0.1) is 11.3 Å². The lowest BCUT2D eigenvalue weighted by Gasteiger charge is -2.01. The van der Waals surface area contributed by atoms with Crippen molar-refractivity contribution in [2.45, 2.75) is 11.1 Å². The summed E-state index contributed by atoms with van der Waals surface area (Å²) in [6, 6.07) is 2.70. The summed E-state index contributed by atoms with van der Waals surface area (Å²) in [7, 11) is -2.10. The highest BCUT2D eigenvalue weighted by Gasteiger charge is 2.20. The van der Waals surface area contributed by atoms with Crippen molar-refractivity contribution in [3.05, 3.63) is 28.8 Å². The highest BCUT2D eigenvalue weighted by Crippen LogP contribution is 2.22.